The SMILES string of the molecule is Cc1[nH]ncc1CNC(=O)c1ccc(Br)c(Cl)c1. The molecule has 18 heavy (non-hydrogen) atoms. The van der Waals surface area contributed by atoms with Crippen LogP contribution in [0.5, 0.6) is 0 Å². The van der Waals surface area contributed by atoms with Crippen molar-refractivity contribution in [3.63, 3.8) is 0 Å². The van der Waals surface area contributed by atoms with Crippen LogP contribution in [0.2, 0.25) is 5.02 Å². The van der Waals surface area contributed by atoms with E-state index in [0.29, 0.717) is 17.1 Å². The quantitative estimate of drug-likeness (QED) is 0.910. The van der Waals surface area contributed by atoms with Crippen molar-refractivity contribution in [1.29, 1.82) is 0 Å². The van der Waals surface area contributed by atoms with Gasteiger partial charge >= 0.3 is 0 Å². The molecule has 1 amide bonds. The summed E-state index contributed by atoms with van der Waals surface area (Å²) in [7, 11) is 0. The van der Waals surface area contributed by atoms with Gasteiger partial charge in [-0.25, -0.2) is 0 Å². The Kier molecular flexibility index (Phi) is 4.04. The number of hydrogen-bond donors (Lipinski definition) is 2. The van der Waals surface area contributed by atoms with Gasteiger partial charge in [0.25, 0.3) is 5.91 Å². The van der Waals surface area contributed by atoms with Crippen molar-refractivity contribution < 1.29 is 4.79 Å². The maximum absolute atomic E-state index is 11.9. The second-order valence-corrected chi connectivity index (χ2v) is 5.09. The molecular weight excluding hydrogens is 318 g/mol. The van der Waals surface area contributed by atoms with Crippen LogP contribution < -0.4 is 5.32 Å². The fraction of sp³-hybridized carbons (Fsp3) is 0.167. The van der Waals surface area contributed by atoms with E-state index in [1.165, 1.54) is 0 Å². The first-order chi connectivity index (χ1) is 8.58. The number of H-pyrrole nitrogens is 1. The molecule has 2 aromatic rings. The first kappa shape index (κ1) is 13.1. The van der Waals surface area contributed by atoms with Crippen molar-refractivity contribution >= 4 is 33.4 Å². The zero-order valence-electron chi connectivity index (χ0n) is 9.63. The van der Waals surface area contributed by atoms with Crippen LogP contribution in [0.4, 0.5) is 0 Å². The van der Waals surface area contributed by atoms with E-state index in [4.69, 9.17) is 11.6 Å². The lowest BCUT2D eigenvalue weighted by atomic mass is 10.2. The molecule has 0 unspecified atom stereocenters. The van der Waals surface area contributed by atoms with Gasteiger partial charge in [0.2, 0.25) is 0 Å². The fourth-order valence-electron chi connectivity index (χ4n) is 1.47. The van der Waals surface area contributed by atoms with Gasteiger partial charge in [0.05, 0.1) is 11.2 Å². The molecule has 1 aromatic carbocycles. The van der Waals surface area contributed by atoms with Crippen molar-refractivity contribution in [2.45, 2.75) is 13.5 Å². The highest BCUT2D eigenvalue weighted by Crippen LogP contribution is 2.23. The molecule has 0 saturated carbocycles. The van der Waals surface area contributed by atoms with Crippen LogP contribution in [0.3, 0.4) is 0 Å². The second kappa shape index (κ2) is 5.54. The molecule has 94 valence electrons. The standard InChI is InChI=1S/C12H11BrClN3O/c1-7-9(6-16-17-7)5-15-12(18)8-2-3-10(13)11(14)4-8/h2-4,6H,5H2,1H3,(H,15,18)(H,16,17). The minimum absolute atomic E-state index is 0.162. The zero-order valence-corrected chi connectivity index (χ0v) is 12.0. The highest BCUT2D eigenvalue weighted by molar-refractivity contribution is 9.10. The van der Waals surface area contributed by atoms with Crippen molar-refractivity contribution in [1.82, 2.24) is 15.5 Å². The maximum atomic E-state index is 11.9. The molecule has 1 heterocycles. The average molecular weight is 329 g/mol. The molecule has 1 aromatic heterocycles. The highest BCUT2D eigenvalue weighted by Gasteiger charge is 2.08. The average Bonchev–Trinajstić information content (AvgIpc) is 2.75. The Morgan fingerprint density at radius 3 is 2.94 bits per heavy atom. The molecule has 0 radical (unpaired) electrons. The molecule has 0 aliphatic heterocycles. The number of benzene rings is 1. The Labute approximate surface area is 118 Å². The molecule has 2 rings (SSSR count). The Hall–Kier alpha value is -1.33. The van der Waals surface area contributed by atoms with Gasteiger partial charge in [-0.15, -0.1) is 0 Å². The third kappa shape index (κ3) is 2.91. The van der Waals surface area contributed by atoms with E-state index in [0.717, 1.165) is 15.7 Å². The number of aromatic amines is 1. The van der Waals surface area contributed by atoms with Crippen LogP contribution in [0.1, 0.15) is 21.6 Å². The van der Waals surface area contributed by atoms with E-state index in [2.05, 4.69) is 31.4 Å². The van der Waals surface area contributed by atoms with Gasteiger partial charge < -0.3 is 5.32 Å². The zero-order chi connectivity index (χ0) is 13.1. The predicted molar refractivity (Wildman–Crippen MR) is 73.6 cm³/mol. The molecule has 4 nitrogen and oxygen atoms in total. The molecule has 0 saturated heterocycles. The number of nitrogens with zero attached hydrogens (tertiary/aromatic N) is 1. The van der Waals surface area contributed by atoms with Crippen molar-refractivity contribution in [3.8, 4) is 0 Å². The number of nitrogens with one attached hydrogen (secondary N) is 2. The fourth-order valence-corrected chi connectivity index (χ4v) is 1.90. The molecule has 0 bridgehead atoms. The number of aryl methyl sites for hydroxylation is 1. The summed E-state index contributed by atoms with van der Waals surface area (Å²) in [5.41, 5.74) is 2.44. The second-order valence-electron chi connectivity index (χ2n) is 3.83. The van der Waals surface area contributed by atoms with Crippen molar-refractivity contribution in [3.05, 3.63) is 50.7 Å². The normalized spacial score (nSPS) is 10.4. The van der Waals surface area contributed by atoms with E-state index in [1.54, 1.807) is 24.4 Å². The van der Waals surface area contributed by atoms with Gasteiger partial charge in [-0.05, 0) is 41.1 Å². The van der Waals surface area contributed by atoms with Crippen LogP contribution in [-0.4, -0.2) is 16.1 Å². The summed E-state index contributed by atoms with van der Waals surface area (Å²) in [5, 5.41) is 10.0. The number of carbonyl (C=O) groups excluding carboxylic acids is 1. The Morgan fingerprint density at radius 1 is 1.56 bits per heavy atom. The number of hydrogen-bond acceptors (Lipinski definition) is 2. The smallest absolute Gasteiger partial charge is 0.251 e. The third-order valence-corrected chi connectivity index (χ3v) is 3.79. The predicted octanol–water partition coefficient (Wildman–Crippen LogP) is 3.06. The van der Waals surface area contributed by atoms with Crippen LogP contribution in [0.15, 0.2) is 28.9 Å². The molecule has 2 N–H and O–H groups in total. The minimum Gasteiger partial charge on any atom is -0.348 e. The largest absolute Gasteiger partial charge is 0.348 e. The summed E-state index contributed by atoms with van der Waals surface area (Å²) in [4.78, 5) is 11.9. The topological polar surface area (TPSA) is 57.8 Å². The number of aromatic nitrogens is 2. The molecule has 0 spiro atoms. The third-order valence-electron chi connectivity index (χ3n) is 2.56. The molecular formula is C12H11BrClN3O. The number of rotatable bonds is 3. The van der Waals surface area contributed by atoms with E-state index < -0.39 is 0 Å². The van der Waals surface area contributed by atoms with Crippen LogP contribution in [-0.2, 0) is 6.54 Å². The van der Waals surface area contributed by atoms with Gasteiger partial charge in [0.15, 0.2) is 0 Å². The molecule has 0 atom stereocenters. The van der Waals surface area contributed by atoms with Crippen LogP contribution >= 0.6 is 27.5 Å². The number of amides is 1. The van der Waals surface area contributed by atoms with Crippen molar-refractivity contribution in [2.75, 3.05) is 0 Å². The number of halogens is 2. The highest BCUT2D eigenvalue weighted by atomic mass is 79.9. The lowest BCUT2D eigenvalue weighted by molar-refractivity contribution is 0.0951. The molecule has 0 aliphatic carbocycles. The van der Waals surface area contributed by atoms with Gasteiger partial charge in [0.1, 0.15) is 0 Å². The summed E-state index contributed by atoms with van der Waals surface area (Å²) in [6.45, 7) is 2.35. The van der Waals surface area contributed by atoms with E-state index in [1.807, 2.05) is 6.92 Å². The summed E-state index contributed by atoms with van der Waals surface area (Å²) >= 11 is 9.22. The minimum atomic E-state index is -0.162. The van der Waals surface area contributed by atoms with E-state index >= 15 is 0 Å². The van der Waals surface area contributed by atoms with E-state index in [9.17, 15) is 4.79 Å². The van der Waals surface area contributed by atoms with Gasteiger partial charge in [0, 0.05) is 27.8 Å². The van der Waals surface area contributed by atoms with Crippen LogP contribution in [0.25, 0.3) is 0 Å². The molecule has 0 aliphatic rings. The van der Waals surface area contributed by atoms with Gasteiger partial charge in [-0.2, -0.15) is 5.10 Å². The first-order valence-corrected chi connectivity index (χ1v) is 6.47. The Bertz CT molecular complexity index is 582. The summed E-state index contributed by atoms with van der Waals surface area (Å²) in [6.07, 6.45) is 1.70. The van der Waals surface area contributed by atoms with Gasteiger partial charge in [-0.1, -0.05) is 11.6 Å². The molecule has 6 heteroatoms. The summed E-state index contributed by atoms with van der Waals surface area (Å²) in [5.74, 6) is -0.162. The van der Waals surface area contributed by atoms with Crippen molar-refractivity contribution in [2.24, 2.45) is 0 Å². The van der Waals surface area contributed by atoms with Gasteiger partial charge in [-0.3, -0.25) is 9.89 Å². The monoisotopic (exact) mass is 327 g/mol. The Morgan fingerprint density at radius 2 is 2.33 bits per heavy atom. The Balaban J connectivity index is 2.04. The van der Waals surface area contributed by atoms with Crippen LogP contribution in [0, 0.1) is 6.92 Å². The maximum Gasteiger partial charge on any atom is 0.251 e. The number of carbonyl (C=O) groups is 1. The lowest BCUT2D eigenvalue weighted by Crippen LogP contribution is -2.22. The molecule has 0 fully saturated rings. The van der Waals surface area contributed by atoms with E-state index in [-0.39, 0.29) is 5.91 Å². The summed E-state index contributed by atoms with van der Waals surface area (Å²) < 4.78 is 0.770. The lowest BCUT2D eigenvalue weighted by Gasteiger charge is -2.05. The first-order valence-electron chi connectivity index (χ1n) is 5.30. The summed E-state index contributed by atoms with van der Waals surface area (Å²) in [6, 6.07) is 5.09.